The van der Waals surface area contributed by atoms with E-state index in [2.05, 4.69) is 10.6 Å². The molecule has 1 aromatic heterocycles. The number of nitrogens with two attached hydrogens (primary N) is 1. The van der Waals surface area contributed by atoms with Gasteiger partial charge in [0.15, 0.2) is 0 Å². The lowest BCUT2D eigenvalue weighted by atomic mass is 9.95. The van der Waals surface area contributed by atoms with E-state index in [1.807, 2.05) is 24.3 Å². The van der Waals surface area contributed by atoms with Gasteiger partial charge in [-0.1, -0.05) is 18.2 Å². The van der Waals surface area contributed by atoms with E-state index in [1.54, 1.807) is 12.1 Å². The van der Waals surface area contributed by atoms with Crippen molar-refractivity contribution >= 4 is 23.2 Å². The molecule has 2 aliphatic rings. The normalized spacial score (nSPS) is 24.9. The Balaban J connectivity index is 1.53. The Kier molecular flexibility index (Phi) is 3.86. The van der Waals surface area contributed by atoms with Gasteiger partial charge in [0.25, 0.3) is 5.91 Å². The third-order valence-electron chi connectivity index (χ3n) is 4.90. The Morgan fingerprint density at radius 3 is 2.71 bits per heavy atom. The number of hydrogen-bond acceptors (Lipinski definition) is 4. The highest BCUT2D eigenvalue weighted by Gasteiger charge is 2.39. The van der Waals surface area contributed by atoms with Crippen molar-refractivity contribution in [3.63, 3.8) is 0 Å². The predicted octanol–water partition coefficient (Wildman–Crippen LogP) is 2.14. The van der Waals surface area contributed by atoms with Crippen LogP contribution in [0.1, 0.15) is 39.3 Å². The maximum absolute atomic E-state index is 12.5. The second-order valence-electron chi connectivity index (χ2n) is 6.44. The van der Waals surface area contributed by atoms with E-state index in [0.717, 1.165) is 23.3 Å². The fourth-order valence-electron chi connectivity index (χ4n) is 3.74. The molecule has 2 fully saturated rings. The average Bonchev–Trinajstić information content (AvgIpc) is 3.31. The van der Waals surface area contributed by atoms with Crippen LogP contribution in [0.25, 0.3) is 10.4 Å². The summed E-state index contributed by atoms with van der Waals surface area (Å²) in [6.07, 6.45) is 3.36. The maximum atomic E-state index is 12.5. The highest BCUT2D eigenvalue weighted by molar-refractivity contribution is 7.17. The lowest BCUT2D eigenvalue weighted by molar-refractivity contribution is 0.0934. The minimum absolute atomic E-state index is 0.0397. The van der Waals surface area contributed by atoms with Gasteiger partial charge in [0.05, 0.1) is 4.88 Å². The molecule has 0 radical (unpaired) electrons. The summed E-state index contributed by atoms with van der Waals surface area (Å²) >= 11 is 1.39. The minimum Gasteiger partial charge on any atom is -0.366 e. The van der Waals surface area contributed by atoms with E-state index >= 15 is 0 Å². The molecule has 124 valence electrons. The summed E-state index contributed by atoms with van der Waals surface area (Å²) in [5.41, 5.74) is 6.69. The molecule has 5 nitrogen and oxygen atoms in total. The maximum Gasteiger partial charge on any atom is 0.261 e. The number of benzene rings is 1. The van der Waals surface area contributed by atoms with Crippen molar-refractivity contribution in [2.24, 2.45) is 5.73 Å². The lowest BCUT2D eigenvalue weighted by Crippen LogP contribution is -2.42. The van der Waals surface area contributed by atoms with Crippen LogP contribution in [0.4, 0.5) is 0 Å². The van der Waals surface area contributed by atoms with Crippen LogP contribution < -0.4 is 16.4 Å². The number of nitrogens with one attached hydrogen (secondary N) is 2. The van der Waals surface area contributed by atoms with Crippen LogP contribution in [0.3, 0.4) is 0 Å². The first-order valence-corrected chi connectivity index (χ1v) is 8.99. The van der Waals surface area contributed by atoms with Gasteiger partial charge in [-0.25, -0.2) is 0 Å². The zero-order chi connectivity index (χ0) is 16.7. The van der Waals surface area contributed by atoms with Crippen molar-refractivity contribution in [3.05, 3.63) is 46.8 Å². The Hall–Kier alpha value is -2.18. The summed E-state index contributed by atoms with van der Waals surface area (Å²) in [5.74, 6) is -0.500. The van der Waals surface area contributed by atoms with Crippen LogP contribution in [0.2, 0.25) is 0 Å². The number of carbonyl (C=O) groups excluding carboxylic acids is 2. The minimum atomic E-state index is -0.460. The number of thiophene rings is 1. The molecular formula is C18H19N3O2S. The molecule has 4 rings (SSSR count). The number of hydrogen-bond donors (Lipinski definition) is 3. The molecule has 0 unspecified atom stereocenters. The van der Waals surface area contributed by atoms with E-state index in [-0.39, 0.29) is 11.9 Å². The van der Waals surface area contributed by atoms with Gasteiger partial charge in [-0.2, -0.15) is 0 Å². The third kappa shape index (κ3) is 2.72. The van der Waals surface area contributed by atoms with Gasteiger partial charge >= 0.3 is 0 Å². The molecule has 6 heteroatoms. The first-order valence-electron chi connectivity index (χ1n) is 8.18. The zero-order valence-electron chi connectivity index (χ0n) is 13.1. The monoisotopic (exact) mass is 341 g/mol. The van der Waals surface area contributed by atoms with Crippen molar-refractivity contribution in [2.45, 2.75) is 37.4 Å². The van der Waals surface area contributed by atoms with Gasteiger partial charge in [0.2, 0.25) is 5.91 Å². The van der Waals surface area contributed by atoms with Crippen molar-refractivity contribution < 1.29 is 9.59 Å². The lowest BCUT2D eigenvalue weighted by Gasteiger charge is -2.21. The van der Waals surface area contributed by atoms with Crippen LogP contribution in [-0.2, 0) is 0 Å². The van der Waals surface area contributed by atoms with Gasteiger partial charge in [-0.3, -0.25) is 9.59 Å². The molecule has 2 aliphatic heterocycles. The van der Waals surface area contributed by atoms with Crippen molar-refractivity contribution in [1.29, 1.82) is 0 Å². The van der Waals surface area contributed by atoms with Gasteiger partial charge < -0.3 is 16.4 Å². The number of fused-ring (bicyclic) bond motifs is 2. The van der Waals surface area contributed by atoms with Crippen LogP contribution >= 0.6 is 11.3 Å². The van der Waals surface area contributed by atoms with Crippen LogP contribution in [0.15, 0.2) is 36.4 Å². The molecule has 1 aromatic carbocycles. The second-order valence-corrected chi connectivity index (χ2v) is 7.52. The SMILES string of the molecule is NC(=O)c1ccccc1-c1ccc(C(=O)N[C@@H]2C[C@H]3CC[C@@H]2N3)s1. The highest BCUT2D eigenvalue weighted by Crippen LogP contribution is 2.32. The number of amides is 2. The Labute approximate surface area is 144 Å². The van der Waals surface area contributed by atoms with Crippen molar-refractivity contribution in [3.8, 4) is 10.4 Å². The zero-order valence-corrected chi connectivity index (χ0v) is 13.9. The van der Waals surface area contributed by atoms with Crippen molar-refractivity contribution in [1.82, 2.24) is 10.6 Å². The number of primary amides is 1. The Morgan fingerprint density at radius 2 is 2.00 bits per heavy atom. The van der Waals surface area contributed by atoms with Crippen LogP contribution in [-0.4, -0.2) is 29.9 Å². The smallest absolute Gasteiger partial charge is 0.261 e. The molecule has 2 aromatic rings. The molecule has 2 bridgehead atoms. The van der Waals surface area contributed by atoms with Gasteiger partial charge in [-0.05, 0) is 37.5 Å². The fourth-order valence-corrected chi connectivity index (χ4v) is 4.69. The highest BCUT2D eigenvalue weighted by atomic mass is 32.1. The second kappa shape index (κ2) is 6.03. The standard InChI is InChI=1S/C18H19N3O2S/c19-17(22)12-4-2-1-3-11(12)15-7-8-16(24-15)18(23)21-14-9-10-5-6-13(14)20-10/h1-4,7-8,10,13-14,20H,5-6,9H2,(H2,19,22)(H,21,23)/t10-,13+,14-/m1/s1. The van der Waals surface area contributed by atoms with Crippen molar-refractivity contribution in [2.75, 3.05) is 0 Å². The molecular weight excluding hydrogens is 322 g/mol. The van der Waals surface area contributed by atoms with E-state index in [4.69, 9.17) is 5.73 Å². The van der Waals surface area contributed by atoms with E-state index in [9.17, 15) is 9.59 Å². The molecule has 3 atom stereocenters. The summed E-state index contributed by atoms with van der Waals surface area (Å²) in [5, 5.41) is 6.67. The first-order chi connectivity index (χ1) is 11.6. The van der Waals surface area contributed by atoms with E-state index in [0.29, 0.717) is 22.5 Å². The molecule has 2 amide bonds. The summed E-state index contributed by atoms with van der Waals surface area (Å²) in [7, 11) is 0. The van der Waals surface area contributed by atoms with Gasteiger partial charge in [-0.15, -0.1) is 11.3 Å². The van der Waals surface area contributed by atoms with E-state index < -0.39 is 5.91 Å². The quantitative estimate of drug-likeness (QED) is 0.796. The number of carbonyl (C=O) groups is 2. The summed E-state index contributed by atoms with van der Waals surface area (Å²) in [4.78, 5) is 25.6. The molecule has 0 saturated carbocycles. The largest absolute Gasteiger partial charge is 0.366 e. The summed E-state index contributed by atoms with van der Waals surface area (Å²) in [6, 6.07) is 12.1. The molecule has 0 aliphatic carbocycles. The molecule has 4 N–H and O–H groups in total. The fraction of sp³-hybridized carbons (Fsp3) is 0.333. The van der Waals surface area contributed by atoms with Gasteiger partial charge in [0, 0.05) is 34.1 Å². The Morgan fingerprint density at radius 1 is 1.17 bits per heavy atom. The third-order valence-corrected chi connectivity index (χ3v) is 6.02. The van der Waals surface area contributed by atoms with Crippen LogP contribution in [0, 0.1) is 0 Å². The molecule has 24 heavy (non-hydrogen) atoms. The molecule has 2 saturated heterocycles. The summed E-state index contributed by atoms with van der Waals surface area (Å²) < 4.78 is 0. The van der Waals surface area contributed by atoms with E-state index in [1.165, 1.54) is 17.8 Å². The van der Waals surface area contributed by atoms with Gasteiger partial charge in [0.1, 0.15) is 0 Å². The number of rotatable bonds is 4. The molecule has 3 heterocycles. The topological polar surface area (TPSA) is 84.2 Å². The molecule has 0 spiro atoms. The predicted molar refractivity (Wildman–Crippen MR) is 94.1 cm³/mol. The first kappa shape index (κ1) is 15.4. The van der Waals surface area contributed by atoms with Crippen LogP contribution in [0.5, 0.6) is 0 Å². The summed E-state index contributed by atoms with van der Waals surface area (Å²) in [6.45, 7) is 0. The average molecular weight is 341 g/mol. The Bertz CT molecular complexity index is 801.